The molecule has 0 aliphatic heterocycles. The highest BCUT2D eigenvalue weighted by molar-refractivity contribution is 5.97. The smallest absolute Gasteiger partial charge is 0.169 e. The molecule has 0 amide bonds. The van der Waals surface area contributed by atoms with Crippen molar-refractivity contribution < 1.29 is 4.79 Å². The first kappa shape index (κ1) is 13.3. The molecule has 1 fully saturated rings. The monoisotopic (exact) mass is 248 g/mol. The van der Waals surface area contributed by atoms with Crippen LogP contribution in [0.25, 0.3) is 0 Å². The number of ketones is 1. The van der Waals surface area contributed by atoms with E-state index in [0.29, 0.717) is 5.41 Å². The Hall–Kier alpha value is -1.12. The van der Waals surface area contributed by atoms with Gasteiger partial charge >= 0.3 is 0 Å². The van der Waals surface area contributed by atoms with Gasteiger partial charge in [-0.2, -0.15) is 5.10 Å². The van der Waals surface area contributed by atoms with Crippen LogP contribution in [0.3, 0.4) is 0 Å². The molecule has 3 heteroatoms. The number of aryl methyl sites for hydroxylation is 1. The quantitative estimate of drug-likeness (QED) is 0.751. The molecule has 0 bridgehead atoms. The minimum atomic E-state index is 0.216. The molecule has 1 aliphatic carbocycles. The molecule has 1 aromatic rings. The average Bonchev–Trinajstić information content (AvgIpc) is 2.74. The fraction of sp³-hybridized carbons (Fsp3) is 0.733. The van der Waals surface area contributed by atoms with Gasteiger partial charge in [0.2, 0.25) is 0 Å². The van der Waals surface area contributed by atoms with Crippen molar-refractivity contribution in [2.24, 2.45) is 24.3 Å². The van der Waals surface area contributed by atoms with E-state index in [4.69, 9.17) is 0 Å². The molecule has 0 atom stereocenters. The molecule has 0 spiro atoms. The standard InChI is InChI=1S/C15H24N2O/c1-15(2,3)13-7-5-11(6-8-13)14(18)12-9-16-17(4)10-12/h9-11,13H,5-8H2,1-4H3. The van der Waals surface area contributed by atoms with E-state index in [2.05, 4.69) is 25.9 Å². The van der Waals surface area contributed by atoms with Crippen LogP contribution in [0, 0.1) is 17.3 Å². The van der Waals surface area contributed by atoms with Gasteiger partial charge in [-0.25, -0.2) is 0 Å². The summed E-state index contributed by atoms with van der Waals surface area (Å²) >= 11 is 0. The molecule has 0 aromatic carbocycles. The Labute approximate surface area is 110 Å². The molecule has 0 radical (unpaired) electrons. The lowest BCUT2D eigenvalue weighted by Crippen LogP contribution is -2.28. The van der Waals surface area contributed by atoms with Gasteiger partial charge in [-0.1, -0.05) is 20.8 Å². The van der Waals surface area contributed by atoms with Gasteiger partial charge in [0.25, 0.3) is 0 Å². The van der Waals surface area contributed by atoms with Crippen LogP contribution >= 0.6 is 0 Å². The Morgan fingerprint density at radius 1 is 1.28 bits per heavy atom. The lowest BCUT2D eigenvalue weighted by atomic mass is 9.69. The Bertz CT molecular complexity index is 420. The van der Waals surface area contributed by atoms with Gasteiger partial charge in [0.05, 0.1) is 11.8 Å². The number of rotatable bonds is 2. The van der Waals surface area contributed by atoms with Crippen molar-refractivity contribution in [1.29, 1.82) is 0 Å². The molecule has 3 nitrogen and oxygen atoms in total. The van der Waals surface area contributed by atoms with Crippen molar-refractivity contribution in [3.63, 3.8) is 0 Å². The number of nitrogens with zero attached hydrogens (tertiary/aromatic N) is 2. The lowest BCUT2D eigenvalue weighted by molar-refractivity contribution is 0.0819. The number of hydrogen-bond donors (Lipinski definition) is 0. The van der Waals surface area contributed by atoms with Crippen molar-refractivity contribution in [3.05, 3.63) is 18.0 Å². The van der Waals surface area contributed by atoms with Crippen molar-refractivity contribution >= 4 is 5.78 Å². The van der Waals surface area contributed by atoms with Crippen LogP contribution in [-0.4, -0.2) is 15.6 Å². The topological polar surface area (TPSA) is 34.9 Å². The zero-order valence-corrected chi connectivity index (χ0v) is 11.9. The van der Waals surface area contributed by atoms with Gasteiger partial charge in [0.1, 0.15) is 0 Å². The lowest BCUT2D eigenvalue weighted by Gasteiger charge is -2.36. The highest BCUT2D eigenvalue weighted by atomic mass is 16.1. The summed E-state index contributed by atoms with van der Waals surface area (Å²) in [6, 6.07) is 0. The van der Waals surface area contributed by atoms with E-state index >= 15 is 0 Å². The maximum Gasteiger partial charge on any atom is 0.169 e. The van der Waals surface area contributed by atoms with Crippen molar-refractivity contribution in [2.45, 2.75) is 46.5 Å². The molecule has 1 saturated carbocycles. The SMILES string of the molecule is Cn1cc(C(=O)C2CCC(C(C)(C)C)CC2)cn1. The minimum Gasteiger partial charge on any atom is -0.294 e. The number of Topliss-reactive ketones (excluding diaryl/α,β-unsaturated/α-hetero) is 1. The molecular formula is C15H24N2O. The second kappa shape index (κ2) is 4.87. The van der Waals surface area contributed by atoms with Crippen LogP contribution in [0.2, 0.25) is 0 Å². The van der Waals surface area contributed by atoms with Gasteiger partial charge in [0.15, 0.2) is 5.78 Å². The fourth-order valence-corrected chi connectivity index (χ4v) is 3.01. The summed E-state index contributed by atoms with van der Waals surface area (Å²) in [6.07, 6.45) is 7.96. The molecule has 0 saturated heterocycles. The average molecular weight is 248 g/mol. The highest BCUT2D eigenvalue weighted by Gasteiger charge is 2.32. The number of aromatic nitrogens is 2. The Morgan fingerprint density at radius 3 is 2.33 bits per heavy atom. The van der Waals surface area contributed by atoms with Crippen molar-refractivity contribution in [3.8, 4) is 0 Å². The first-order chi connectivity index (χ1) is 8.38. The van der Waals surface area contributed by atoms with Crippen LogP contribution in [0.1, 0.15) is 56.8 Å². The molecule has 1 aliphatic rings. The summed E-state index contributed by atoms with van der Waals surface area (Å²) in [7, 11) is 1.85. The molecular weight excluding hydrogens is 224 g/mol. The number of carbonyl (C=O) groups is 1. The third-order valence-electron chi connectivity index (χ3n) is 4.31. The molecule has 0 unspecified atom stereocenters. The maximum atomic E-state index is 12.3. The minimum absolute atomic E-state index is 0.216. The second-order valence-electron chi connectivity index (χ2n) is 6.68. The number of hydrogen-bond acceptors (Lipinski definition) is 2. The van der Waals surface area contributed by atoms with E-state index in [1.165, 1.54) is 12.8 Å². The van der Waals surface area contributed by atoms with E-state index in [-0.39, 0.29) is 11.7 Å². The van der Waals surface area contributed by atoms with E-state index < -0.39 is 0 Å². The molecule has 18 heavy (non-hydrogen) atoms. The fourth-order valence-electron chi connectivity index (χ4n) is 3.01. The van der Waals surface area contributed by atoms with Gasteiger partial charge < -0.3 is 0 Å². The predicted molar refractivity (Wildman–Crippen MR) is 72.4 cm³/mol. The molecule has 0 N–H and O–H groups in total. The molecule has 1 aromatic heterocycles. The summed E-state index contributed by atoms with van der Waals surface area (Å²) in [4.78, 5) is 12.3. The van der Waals surface area contributed by atoms with Crippen molar-refractivity contribution in [2.75, 3.05) is 0 Å². The normalized spacial score (nSPS) is 25.1. The summed E-state index contributed by atoms with van der Waals surface area (Å²) in [5, 5.41) is 4.08. The van der Waals surface area contributed by atoms with Crippen LogP contribution in [0.4, 0.5) is 0 Å². The first-order valence-corrected chi connectivity index (χ1v) is 6.91. The zero-order valence-electron chi connectivity index (χ0n) is 11.9. The van der Waals surface area contributed by atoms with Gasteiger partial charge in [-0.05, 0) is 37.0 Å². The van der Waals surface area contributed by atoms with E-state index in [1.54, 1.807) is 10.9 Å². The van der Waals surface area contributed by atoms with E-state index in [9.17, 15) is 4.79 Å². The summed E-state index contributed by atoms with van der Waals surface area (Å²) < 4.78 is 1.70. The highest BCUT2D eigenvalue weighted by Crippen LogP contribution is 2.40. The van der Waals surface area contributed by atoms with Crippen LogP contribution in [0.5, 0.6) is 0 Å². The van der Waals surface area contributed by atoms with Gasteiger partial charge in [-0.3, -0.25) is 9.48 Å². The second-order valence-corrected chi connectivity index (χ2v) is 6.68. The van der Waals surface area contributed by atoms with E-state index in [0.717, 1.165) is 24.3 Å². The first-order valence-electron chi connectivity index (χ1n) is 6.91. The van der Waals surface area contributed by atoms with Gasteiger partial charge in [-0.15, -0.1) is 0 Å². The van der Waals surface area contributed by atoms with Crippen molar-refractivity contribution in [1.82, 2.24) is 9.78 Å². The molecule has 2 rings (SSSR count). The van der Waals surface area contributed by atoms with Crippen LogP contribution in [0.15, 0.2) is 12.4 Å². The predicted octanol–water partition coefficient (Wildman–Crippen LogP) is 3.46. The summed E-state index contributed by atoms with van der Waals surface area (Å²) in [6.45, 7) is 6.92. The van der Waals surface area contributed by atoms with E-state index in [1.807, 2.05) is 13.2 Å². The summed E-state index contributed by atoms with van der Waals surface area (Å²) in [5.41, 5.74) is 1.15. The van der Waals surface area contributed by atoms with Crippen LogP contribution in [-0.2, 0) is 7.05 Å². The third-order valence-corrected chi connectivity index (χ3v) is 4.31. The Morgan fingerprint density at radius 2 is 1.89 bits per heavy atom. The maximum absolute atomic E-state index is 12.3. The Balaban J connectivity index is 1.96. The zero-order chi connectivity index (χ0) is 13.3. The number of carbonyl (C=O) groups excluding carboxylic acids is 1. The van der Waals surface area contributed by atoms with Crippen LogP contribution < -0.4 is 0 Å². The molecule has 1 heterocycles. The molecule has 100 valence electrons. The van der Waals surface area contributed by atoms with Gasteiger partial charge in [0, 0.05) is 19.2 Å². The summed E-state index contributed by atoms with van der Waals surface area (Å²) in [5.74, 6) is 1.26. The Kier molecular flexibility index (Phi) is 3.60. The third kappa shape index (κ3) is 2.82. The largest absolute Gasteiger partial charge is 0.294 e.